The van der Waals surface area contributed by atoms with Crippen molar-refractivity contribution in [3.63, 3.8) is 0 Å². The quantitative estimate of drug-likeness (QED) is 0.736. The molecule has 0 fully saturated rings. The summed E-state index contributed by atoms with van der Waals surface area (Å²) in [4.78, 5) is 0. The summed E-state index contributed by atoms with van der Waals surface area (Å²) in [5, 5.41) is 0. The first kappa shape index (κ1) is 10.9. The topological polar surface area (TPSA) is 52.0 Å². The van der Waals surface area contributed by atoms with Crippen LogP contribution in [0, 0.1) is 11.6 Å². The second-order valence-electron chi connectivity index (χ2n) is 3.29. The summed E-state index contributed by atoms with van der Waals surface area (Å²) in [6.07, 6.45) is 1.50. The summed E-state index contributed by atoms with van der Waals surface area (Å²) in [7, 11) is 0. The summed E-state index contributed by atoms with van der Waals surface area (Å²) < 4.78 is 26.0. The Labute approximate surface area is 81.9 Å². The Bertz CT molecular complexity index is 326. The molecule has 0 aliphatic carbocycles. The molecule has 0 heterocycles. The summed E-state index contributed by atoms with van der Waals surface area (Å²) in [6, 6.07) is 1.63. The van der Waals surface area contributed by atoms with Crippen LogP contribution in [-0.2, 0) is 0 Å². The fourth-order valence-electron chi connectivity index (χ4n) is 1.33. The van der Waals surface area contributed by atoms with Crippen LogP contribution in [0.2, 0.25) is 0 Å². The zero-order chi connectivity index (χ0) is 10.7. The van der Waals surface area contributed by atoms with E-state index in [1.807, 2.05) is 6.92 Å². The van der Waals surface area contributed by atoms with Crippen molar-refractivity contribution in [3.05, 3.63) is 29.3 Å². The number of benzene rings is 1. The van der Waals surface area contributed by atoms with E-state index in [2.05, 4.69) is 0 Å². The number of anilines is 1. The molecule has 2 nitrogen and oxygen atoms in total. The van der Waals surface area contributed by atoms with E-state index in [0.717, 1.165) is 12.5 Å². The lowest BCUT2D eigenvalue weighted by Gasteiger charge is -2.12. The third kappa shape index (κ3) is 2.20. The standard InChI is InChI=1S/C10H14F2N2/c1-2-3-9(13)6-4-10(14)8(12)5-7(6)11/h4-5,9H,2-3,13-14H2,1H3/t9-/m1/s1. The average Bonchev–Trinajstić information content (AvgIpc) is 2.11. The van der Waals surface area contributed by atoms with Gasteiger partial charge in [0.15, 0.2) is 0 Å². The van der Waals surface area contributed by atoms with Gasteiger partial charge in [-0.15, -0.1) is 0 Å². The lowest BCUT2D eigenvalue weighted by molar-refractivity contribution is 0.543. The number of halogens is 2. The molecule has 1 atom stereocenters. The van der Waals surface area contributed by atoms with Crippen molar-refractivity contribution in [2.75, 3.05) is 5.73 Å². The van der Waals surface area contributed by atoms with Crippen LogP contribution in [0.3, 0.4) is 0 Å². The van der Waals surface area contributed by atoms with Gasteiger partial charge in [0.2, 0.25) is 0 Å². The zero-order valence-electron chi connectivity index (χ0n) is 8.06. The van der Waals surface area contributed by atoms with Crippen molar-refractivity contribution < 1.29 is 8.78 Å². The van der Waals surface area contributed by atoms with Crippen LogP contribution in [0.4, 0.5) is 14.5 Å². The molecule has 4 heteroatoms. The highest BCUT2D eigenvalue weighted by Gasteiger charge is 2.13. The molecule has 0 saturated carbocycles. The molecule has 4 N–H and O–H groups in total. The lowest BCUT2D eigenvalue weighted by atomic mass is 10.0. The molecule has 0 amide bonds. The van der Waals surface area contributed by atoms with E-state index in [1.165, 1.54) is 6.07 Å². The highest BCUT2D eigenvalue weighted by Crippen LogP contribution is 2.23. The normalized spacial score (nSPS) is 12.9. The van der Waals surface area contributed by atoms with Gasteiger partial charge in [-0.1, -0.05) is 13.3 Å². The molecular formula is C10H14F2N2. The van der Waals surface area contributed by atoms with Gasteiger partial charge in [0.1, 0.15) is 11.6 Å². The molecule has 1 aromatic carbocycles. The Morgan fingerprint density at radius 3 is 2.50 bits per heavy atom. The summed E-state index contributed by atoms with van der Waals surface area (Å²) in [5.74, 6) is -1.37. The van der Waals surface area contributed by atoms with Gasteiger partial charge >= 0.3 is 0 Å². The molecule has 1 aromatic rings. The van der Waals surface area contributed by atoms with Crippen LogP contribution in [0.15, 0.2) is 12.1 Å². The second-order valence-corrected chi connectivity index (χ2v) is 3.29. The number of nitrogens with two attached hydrogens (primary N) is 2. The van der Waals surface area contributed by atoms with Crippen molar-refractivity contribution in [1.29, 1.82) is 0 Å². The molecule has 78 valence electrons. The van der Waals surface area contributed by atoms with Gasteiger partial charge < -0.3 is 11.5 Å². The highest BCUT2D eigenvalue weighted by atomic mass is 19.1. The van der Waals surface area contributed by atoms with Crippen LogP contribution in [0.1, 0.15) is 31.4 Å². The Hall–Kier alpha value is -1.16. The molecule has 1 rings (SSSR count). The van der Waals surface area contributed by atoms with Gasteiger partial charge in [-0.25, -0.2) is 8.78 Å². The van der Waals surface area contributed by atoms with E-state index in [-0.39, 0.29) is 11.3 Å². The van der Waals surface area contributed by atoms with Gasteiger partial charge in [0.05, 0.1) is 5.69 Å². The van der Waals surface area contributed by atoms with E-state index in [4.69, 9.17) is 11.5 Å². The molecule has 0 unspecified atom stereocenters. The fourth-order valence-corrected chi connectivity index (χ4v) is 1.33. The average molecular weight is 200 g/mol. The summed E-state index contributed by atoms with van der Waals surface area (Å²) in [5.41, 5.74) is 11.3. The van der Waals surface area contributed by atoms with E-state index in [1.54, 1.807) is 0 Å². The van der Waals surface area contributed by atoms with E-state index < -0.39 is 17.7 Å². The highest BCUT2D eigenvalue weighted by molar-refractivity contribution is 5.44. The van der Waals surface area contributed by atoms with E-state index in [9.17, 15) is 8.78 Å². The Morgan fingerprint density at radius 2 is 1.93 bits per heavy atom. The zero-order valence-corrected chi connectivity index (χ0v) is 8.06. The third-order valence-corrected chi connectivity index (χ3v) is 2.12. The van der Waals surface area contributed by atoms with Gasteiger partial charge in [-0.05, 0) is 12.5 Å². The number of nitrogen functional groups attached to an aromatic ring is 1. The molecule has 0 spiro atoms. The minimum Gasteiger partial charge on any atom is -0.396 e. The van der Waals surface area contributed by atoms with E-state index in [0.29, 0.717) is 6.42 Å². The molecular weight excluding hydrogens is 186 g/mol. The minimum atomic E-state index is -0.741. The summed E-state index contributed by atoms with van der Waals surface area (Å²) >= 11 is 0. The maximum Gasteiger partial charge on any atom is 0.149 e. The van der Waals surface area contributed by atoms with Crippen molar-refractivity contribution in [2.24, 2.45) is 5.73 Å². The smallest absolute Gasteiger partial charge is 0.149 e. The van der Waals surface area contributed by atoms with Crippen molar-refractivity contribution in [1.82, 2.24) is 0 Å². The van der Waals surface area contributed by atoms with Gasteiger partial charge in [0, 0.05) is 17.7 Å². The molecule has 0 aliphatic rings. The Morgan fingerprint density at radius 1 is 1.29 bits per heavy atom. The third-order valence-electron chi connectivity index (χ3n) is 2.12. The molecule has 0 aromatic heterocycles. The largest absolute Gasteiger partial charge is 0.396 e. The molecule has 0 saturated heterocycles. The maximum atomic E-state index is 13.2. The summed E-state index contributed by atoms with van der Waals surface area (Å²) in [6.45, 7) is 1.95. The first-order chi connectivity index (χ1) is 6.56. The van der Waals surface area contributed by atoms with Crippen LogP contribution >= 0.6 is 0 Å². The first-order valence-electron chi connectivity index (χ1n) is 4.56. The predicted molar refractivity (Wildman–Crippen MR) is 52.6 cm³/mol. The van der Waals surface area contributed by atoms with Crippen LogP contribution in [-0.4, -0.2) is 0 Å². The Balaban J connectivity index is 3.02. The number of hydrogen-bond donors (Lipinski definition) is 2. The van der Waals surface area contributed by atoms with Gasteiger partial charge in [0.25, 0.3) is 0 Å². The molecule has 0 bridgehead atoms. The van der Waals surface area contributed by atoms with Crippen molar-refractivity contribution in [2.45, 2.75) is 25.8 Å². The lowest BCUT2D eigenvalue weighted by Crippen LogP contribution is -2.12. The SMILES string of the molecule is CCC[C@@H](N)c1cc(N)c(F)cc1F. The van der Waals surface area contributed by atoms with Crippen LogP contribution in [0.5, 0.6) is 0 Å². The molecule has 0 aliphatic heterocycles. The number of rotatable bonds is 3. The van der Waals surface area contributed by atoms with E-state index >= 15 is 0 Å². The first-order valence-corrected chi connectivity index (χ1v) is 4.56. The molecule has 0 radical (unpaired) electrons. The fraction of sp³-hybridized carbons (Fsp3) is 0.400. The van der Waals surface area contributed by atoms with Gasteiger partial charge in [-0.2, -0.15) is 0 Å². The predicted octanol–water partition coefficient (Wildman–Crippen LogP) is 2.35. The number of hydrogen-bond acceptors (Lipinski definition) is 2. The Kier molecular flexibility index (Phi) is 3.41. The maximum absolute atomic E-state index is 13.2. The molecule has 14 heavy (non-hydrogen) atoms. The monoisotopic (exact) mass is 200 g/mol. The van der Waals surface area contributed by atoms with Gasteiger partial charge in [-0.3, -0.25) is 0 Å². The van der Waals surface area contributed by atoms with Crippen LogP contribution in [0.25, 0.3) is 0 Å². The minimum absolute atomic E-state index is 0.0621. The van der Waals surface area contributed by atoms with Crippen molar-refractivity contribution >= 4 is 5.69 Å². The second kappa shape index (κ2) is 4.37. The van der Waals surface area contributed by atoms with Crippen molar-refractivity contribution in [3.8, 4) is 0 Å². The van der Waals surface area contributed by atoms with Crippen LogP contribution < -0.4 is 11.5 Å².